The maximum atomic E-state index is 13.7. The third-order valence-electron chi connectivity index (χ3n) is 6.88. The summed E-state index contributed by atoms with van der Waals surface area (Å²) < 4.78 is 42.3. The van der Waals surface area contributed by atoms with Crippen LogP contribution >= 0.6 is 11.6 Å². The molecule has 3 aliphatic rings. The van der Waals surface area contributed by atoms with E-state index in [-0.39, 0.29) is 48.3 Å². The second kappa shape index (κ2) is 8.16. The van der Waals surface area contributed by atoms with Crippen molar-refractivity contribution in [3.63, 3.8) is 0 Å². The van der Waals surface area contributed by atoms with Crippen molar-refractivity contribution >= 4 is 29.1 Å². The molecular formula is C22H24ClF3N4O3. The first-order valence-corrected chi connectivity index (χ1v) is 11.6. The fourth-order valence-electron chi connectivity index (χ4n) is 4.94. The summed E-state index contributed by atoms with van der Waals surface area (Å²) >= 11 is 6.35. The SMILES string of the molecule is O=C(c1nc2c(C(F)(F)F)cc(C3CC3)cn2c1Cl)N1CCN([C@H]2CCCC[C@@H]2O)C(=O)C1. The standard InChI is InChI=1S/C22H24ClF3N4O3/c23-19-18(27-20-14(22(24,25)26)9-13(10-30(19)20)12-5-6-12)21(33)28-7-8-29(17(32)11-28)15-3-1-2-4-16(15)31/h9-10,12,15-16,31H,1-8,11H2/t15-,16-/m0/s1. The van der Waals surface area contributed by atoms with Gasteiger partial charge in [-0.2, -0.15) is 13.2 Å². The molecule has 0 aromatic carbocycles. The number of amides is 2. The first-order valence-electron chi connectivity index (χ1n) is 11.2. The highest BCUT2D eigenvalue weighted by Gasteiger charge is 2.40. The van der Waals surface area contributed by atoms with Gasteiger partial charge in [0.05, 0.1) is 17.7 Å². The van der Waals surface area contributed by atoms with E-state index in [1.165, 1.54) is 11.1 Å². The van der Waals surface area contributed by atoms with Crippen LogP contribution in [-0.2, 0) is 11.0 Å². The van der Waals surface area contributed by atoms with Gasteiger partial charge in [0.2, 0.25) is 5.91 Å². The van der Waals surface area contributed by atoms with Crippen molar-refractivity contribution in [1.29, 1.82) is 0 Å². The Balaban J connectivity index is 1.42. The number of carbonyl (C=O) groups excluding carboxylic acids is 2. The van der Waals surface area contributed by atoms with Gasteiger partial charge in [-0.05, 0) is 43.2 Å². The van der Waals surface area contributed by atoms with E-state index >= 15 is 0 Å². The maximum Gasteiger partial charge on any atom is 0.419 e. The molecule has 2 amide bonds. The molecule has 3 heterocycles. The first kappa shape index (κ1) is 22.5. The monoisotopic (exact) mass is 484 g/mol. The molecule has 11 heteroatoms. The number of piperazine rings is 1. The average Bonchev–Trinajstić information content (AvgIpc) is 3.57. The molecule has 5 rings (SSSR count). The summed E-state index contributed by atoms with van der Waals surface area (Å²) in [6.45, 7) is 0.208. The zero-order valence-electron chi connectivity index (χ0n) is 17.8. The molecule has 2 atom stereocenters. The highest BCUT2D eigenvalue weighted by Crippen LogP contribution is 2.43. The molecule has 178 valence electrons. The highest BCUT2D eigenvalue weighted by molar-refractivity contribution is 6.33. The van der Waals surface area contributed by atoms with Crippen molar-refractivity contribution in [3.05, 3.63) is 34.2 Å². The molecule has 2 aromatic heterocycles. The Kier molecular flexibility index (Phi) is 5.55. The van der Waals surface area contributed by atoms with Gasteiger partial charge in [0.1, 0.15) is 11.7 Å². The number of carbonyl (C=O) groups is 2. The molecule has 33 heavy (non-hydrogen) atoms. The van der Waals surface area contributed by atoms with Crippen molar-refractivity contribution in [2.45, 2.75) is 62.8 Å². The van der Waals surface area contributed by atoms with Crippen molar-refractivity contribution in [3.8, 4) is 0 Å². The van der Waals surface area contributed by atoms with Crippen molar-refractivity contribution in [2.24, 2.45) is 0 Å². The fourth-order valence-corrected chi connectivity index (χ4v) is 5.19. The molecule has 0 bridgehead atoms. The summed E-state index contributed by atoms with van der Waals surface area (Å²) in [4.78, 5) is 32.8. The van der Waals surface area contributed by atoms with Gasteiger partial charge in [-0.25, -0.2) is 4.98 Å². The number of aliphatic hydroxyl groups excluding tert-OH is 1. The van der Waals surface area contributed by atoms with Crippen LogP contribution in [0.4, 0.5) is 13.2 Å². The maximum absolute atomic E-state index is 13.7. The minimum atomic E-state index is -4.65. The normalized spacial score (nSPS) is 24.6. The Hall–Kier alpha value is -2.33. The van der Waals surface area contributed by atoms with Gasteiger partial charge in [-0.1, -0.05) is 24.4 Å². The zero-order chi connectivity index (χ0) is 23.5. The molecule has 1 saturated heterocycles. The van der Waals surface area contributed by atoms with E-state index in [4.69, 9.17) is 11.6 Å². The van der Waals surface area contributed by atoms with Crippen LogP contribution in [0.25, 0.3) is 5.65 Å². The summed E-state index contributed by atoms with van der Waals surface area (Å²) in [5, 5.41) is 10.1. The Morgan fingerprint density at radius 3 is 2.52 bits per heavy atom. The number of fused-ring (bicyclic) bond motifs is 1. The van der Waals surface area contributed by atoms with Crippen LogP contribution in [0, 0.1) is 0 Å². The summed E-state index contributed by atoms with van der Waals surface area (Å²) in [6.07, 6.45) is 1.09. The van der Waals surface area contributed by atoms with Crippen LogP contribution < -0.4 is 0 Å². The van der Waals surface area contributed by atoms with E-state index in [1.807, 2.05) is 0 Å². The van der Waals surface area contributed by atoms with Gasteiger partial charge in [0, 0.05) is 19.3 Å². The number of hydrogen-bond donors (Lipinski definition) is 1. The van der Waals surface area contributed by atoms with Crippen LogP contribution in [-0.4, -0.2) is 67.9 Å². The van der Waals surface area contributed by atoms with Gasteiger partial charge in [-0.15, -0.1) is 0 Å². The van der Waals surface area contributed by atoms with Crippen LogP contribution in [0.3, 0.4) is 0 Å². The second-order valence-corrected chi connectivity index (χ2v) is 9.49. The smallest absolute Gasteiger partial charge is 0.391 e. The number of aromatic nitrogens is 2. The quantitative estimate of drug-likeness (QED) is 0.723. The zero-order valence-corrected chi connectivity index (χ0v) is 18.6. The minimum absolute atomic E-state index is 0.0500. The largest absolute Gasteiger partial charge is 0.419 e. The van der Waals surface area contributed by atoms with E-state index in [1.54, 1.807) is 4.90 Å². The molecule has 1 aliphatic heterocycles. The van der Waals surface area contributed by atoms with Crippen molar-refractivity contribution in [2.75, 3.05) is 19.6 Å². The van der Waals surface area contributed by atoms with Gasteiger partial charge in [0.25, 0.3) is 5.91 Å². The predicted molar refractivity (Wildman–Crippen MR) is 113 cm³/mol. The molecule has 2 aromatic rings. The lowest BCUT2D eigenvalue weighted by atomic mass is 9.91. The highest BCUT2D eigenvalue weighted by atomic mass is 35.5. The first-order chi connectivity index (χ1) is 15.6. The van der Waals surface area contributed by atoms with Crippen molar-refractivity contribution in [1.82, 2.24) is 19.2 Å². The van der Waals surface area contributed by atoms with Gasteiger partial charge in [-0.3, -0.25) is 14.0 Å². The lowest BCUT2D eigenvalue weighted by Crippen LogP contribution is -2.58. The summed E-state index contributed by atoms with van der Waals surface area (Å²) in [6, 6.07) is 0.819. The third-order valence-corrected chi connectivity index (χ3v) is 7.24. The summed E-state index contributed by atoms with van der Waals surface area (Å²) in [5.41, 5.74) is -1.13. The Bertz CT molecular complexity index is 1110. The van der Waals surface area contributed by atoms with Gasteiger partial charge in [0.15, 0.2) is 11.3 Å². The Morgan fingerprint density at radius 2 is 1.88 bits per heavy atom. The molecule has 2 aliphatic carbocycles. The van der Waals surface area contributed by atoms with E-state index in [0.29, 0.717) is 18.4 Å². The molecule has 3 fully saturated rings. The third kappa shape index (κ3) is 4.07. The van der Waals surface area contributed by atoms with Crippen LogP contribution in [0.2, 0.25) is 5.15 Å². The summed E-state index contributed by atoms with van der Waals surface area (Å²) in [7, 11) is 0. The molecule has 0 spiro atoms. The topological polar surface area (TPSA) is 78.2 Å². The fraction of sp³-hybridized carbons (Fsp3) is 0.591. The van der Waals surface area contributed by atoms with Crippen molar-refractivity contribution < 1.29 is 27.9 Å². The number of alkyl halides is 3. The Labute approximate surface area is 193 Å². The van der Waals surface area contributed by atoms with E-state index < -0.39 is 29.4 Å². The number of rotatable bonds is 3. The molecular weight excluding hydrogens is 461 g/mol. The van der Waals surface area contributed by atoms with Gasteiger partial charge >= 0.3 is 6.18 Å². The van der Waals surface area contributed by atoms with Crippen LogP contribution in [0.1, 0.15) is 66.1 Å². The molecule has 2 saturated carbocycles. The number of halogens is 4. The molecule has 1 N–H and O–H groups in total. The number of pyridine rings is 1. The lowest BCUT2D eigenvalue weighted by molar-refractivity contribution is -0.141. The predicted octanol–water partition coefficient (Wildman–Crippen LogP) is 3.47. The number of imidazole rings is 1. The number of aliphatic hydroxyl groups is 1. The Morgan fingerprint density at radius 1 is 1.15 bits per heavy atom. The lowest BCUT2D eigenvalue weighted by Gasteiger charge is -2.42. The second-order valence-electron chi connectivity index (χ2n) is 9.14. The van der Waals surface area contributed by atoms with E-state index in [2.05, 4.69) is 4.98 Å². The van der Waals surface area contributed by atoms with Crippen LogP contribution in [0.15, 0.2) is 12.3 Å². The van der Waals surface area contributed by atoms with Crippen LogP contribution in [0.5, 0.6) is 0 Å². The number of nitrogens with zero attached hydrogens (tertiary/aromatic N) is 4. The van der Waals surface area contributed by atoms with Gasteiger partial charge < -0.3 is 14.9 Å². The molecule has 0 unspecified atom stereocenters. The molecule has 0 radical (unpaired) electrons. The summed E-state index contributed by atoms with van der Waals surface area (Å²) in [5.74, 6) is -0.927. The van der Waals surface area contributed by atoms with E-state index in [9.17, 15) is 27.9 Å². The average molecular weight is 485 g/mol. The van der Waals surface area contributed by atoms with E-state index in [0.717, 1.165) is 36.2 Å². The minimum Gasteiger partial charge on any atom is -0.391 e. The molecule has 7 nitrogen and oxygen atoms in total. The number of hydrogen-bond acceptors (Lipinski definition) is 4.